The SMILES string of the molecule is CCN(CCC(N)c1ccccc1)CC1CCCO1. The van der Waals surface area contributed by atoms with Crippen molar-refractivity contribution in [1.82, 2.24) is 4.90 Å². The third kappa shape index (κ3) is 4.60. The second-order valence-electron chi connectivity index (χ2n) is 5.33. The van der Waals surface area contributed by atoms with Crippen molar-refractivity contribution in [3.63, 3.8) is 0 Å². The van der Waals surface area contributed by atoms with Gasteiger partial charge in [0.15, 0.2) is 0 Å². The highest BCUT2D eigenvalue weighted by Crippen LogP contribution is 2.16. The van der Waals surface area contributed by atoms with Gasteiger partial charge in [0.2, 0.25) is 0 Å². The van der Waals surface area contributed by atoms with Crippen LogP contribution >= 0.6 is 0 Å². The van der Waals surface area contributed by atoms with Crippen LogP contribution in [-0.4, -0.2) is 37.2 Å². The Morgan fingerprint density at radius 1 is 1.37 bits per heavy atom. The van der Waals surface area contributed by atoms with Gasteiger partial charge in [-0.15, -0.1) is 0 Å². The average Bonchev–Trinajstić information content (AvgIpc) is 2.97. The van der Waals surface area contributed by atoms with E-state index in [-0.39, 0.29) is 6.04 Å². The lowest BCUT2D eigenvalue weighted by Crippen LogP contribution is -2.34. The van der Waals surface area contributed by atoms with Crippen LogP contribution < -0.4 is 5.73 Å². The topological polar surface area (TPSA) is 38.5 Å². The van der Waals surface area contributed by atoms with Crippen LogP contribution in [0.4, 0.5) is 0 Å². The van der Waals surface area contributed by atoms with Gasteiger partial charge in [-0.05, 0) is 31.4 Å². The fraction of sp³-hybridized carbons (Fsp3) is 0.625. The zero-order chi connectivity index (χ0) is 13.5. The quantitative estimate of drug-likeness (QED) is 0.821. The fourth-order valence-corrected chi connectivity index (χ4v) is 2.64. The molecule has 3 nitrogen and oxygen atoms in total. The first-order valence-corrected chi connectivity index (χ1v) is 7.44. The van der Waals surface area contributed by atoms with Gasteiger partial charge >= 0.3 is 0 Å². The summed E-state index contributed by atoms with van der Waals surface area (Å²) < 4.78 is 5.70. The first kappa shape index (κ1) is 14.5. The maximum Gasteiger partial charge on any atom is 0.0702 e. The van der Waals surface area contributed by atoms with Gasteiger partial charge < -0.3 is 15.4 Å². The largest absolute Gasteiger partial charge is 0.377 e. The smallest absolute Gasteiger partial charge is 0.0702 e. The molecular formula is C16H26N2O. The van der Waals surface area contributed by atoms with E-state index in [2.05, 4.69) is 36.1 Å². The maximum atomic E-state index is 6.25. The summed E-state index contributed by atoms with van der Waals surface area (Å²) in [4.78, 5) is 2.46. The molecule has 1 aliphatic heterocycles. The molecule has 0 aromatic heterocycles. The summed E-state index contributed by atoms with van der Waals surface area (Å²) in [6, 6.07) is 10.5. The van der Waals surface area contributed by atoms with Crippen molar-refractivity contribution < 1.29 is 4.74 Å². The summed E-state index contributed by atoms with van der Waals surface area (Å²) in [6.07, 6.45) is 3.87. The molecule has 2 rings (SSSR count). The van der Waals surface area contributed by atoms with Gasteiger partial charge in [-0.25, -0.2) is 0 Å². The standard InChI is InChI=1S/C16H26N2O/c1-2-18(13-15-9-6-12-19-15)11-10-16(17)14-7-4-3-5-8-14/h3-5,7-8,15-16H,2,6,9-13,17H2,1H3. The predicted molar refractivity (Wildman–Crippen MR) is 79.1 cm³/mol. The summed E-state index contributed by atoms with van der Waals surface area (Å²) in [6.45, 7) is 6.32. The third-order valence-electron chi connectivity index (χ3n) is 3.92. The Kier molecular flexibility index (Phi) is 5.83. The Balaban J connectivity index is 1.75. The van der Waals surface area contributed by atoms with Gasteiger partial charge in [-0.3, -0.25) is 0 Å². The number of nitrogens with two attached hydrogens (primary N) is 1. The Morgan fingerprint density at radius 2 is 2.16 bits per heavy atom. The molecule has 0 spiro atoms. The number of likely N-dealkylation sites (N-methyl/N-ethyl adjacent to an activating group) is 1. The summed E-state index contributed by atoms with van der Waals surface area (Å²) in [7, 11) is 0. The van der Waals surface area contributed by atoms with E-state index in [1.807, 2.05) is 6.07 Å². The van der Waals surface area contributed by atoms with E-state index in [9.17, 15) is 0 Å². The molecule has 1 aliphatic rings. The predicted octanol–water partition coefficient (Wildman–Crippen LogP) is 2.58. The normalized spacial score (nSPS) is 20.9. The lowest BCUT2D eigenvalue weighted by Gasteiger charge is -2.25. The summed E-state index contributed by atoms with van der Waals surface area (Å²) >= 11 is 0. The Labute approximate surface area is 116 Å². The first-order chi connectivity index (χ1) is 9.29. The second kappa shape index (κ2) is 7.63. The highest BCUT2D eigenvalue weighted by Gasteiger charge is 2.18. The molecule has 1 aromatic rings. The maximum absolute atomic E-state index is 6.25. The molecule has 106 valence electrons. The summed E-state index contributed by atoms with van der Waals surface area (Å²) in [5.74, 6) is 0. The molecule has 0 bridgehead atoms. The van der Waals surface area contributed by atoms with Crippen LogP contribution in [0.5, 0.6) is 0 Å². The molecule has 1 fully saturated rings. The lowest BCUT2D eigenvalue weighted by molar-refractivity contribution is 0.0738. The fourth-order valence-electron chi connectivity index (χ4n) is 2.64. The van der Waals surface area contributed by atoms with Crippen LogP contribution in [-0.2, 0) is 4.74 Å². The minimum Gasteiger partial charge on any atom is -0.377 e. The van der Waals surface area contributed by atoms with E-state index < -0.39 is 0 Å². The minimum atomic E-state index is 0.139. The summed E-state index contributed by atoms with van der Waals surface area (Å²) in [5.41, 5.74) is 7.48. The molecule has 1 aromatic carbocycles. The molecule has 1 heterocycles. The van der Waals surface area contributed by atoms with Gasteiger partial charge in [0.25, 0.3) is 0 Å². The monoisotopic (exact) mass is 262 g/mol. The van der Waals surface area contributed by atoms with E-state index in [0.717, 1.165) is 32.7 Å². The van der Waals surface area contributed by atoms with Gasteiger partial charge in [0.1, 0.15) is 0 Å². The second-order valence-corrected chi connectivity index (χ2v) is 5.33. The lowest BCUT2D eigenvalue weighted by atomic mass is 10.0. The van der Waals surface area contributed by atoms with Crippen LogP contribution in [0.15, 0.2) is 30.3 Å². The molecule has 0 amide bonds. The summed E-state index contributed by atoms with van der Waals surface area (Å²) in [5, 5.41) is 0. The van der Waals surface area contributed by atoms with Gasteiger partial charge in [-0.2, -0.15) is 0 Å². The zero-order valence-electron chi connectivity index (χ0n) is 11.9. The molecule has 0 aliphatic carbocycles. The van der Waals surface area contributed by atoms with Crippen molar-refractivity contribution in [2.24, 2.45) is 5.73 Å². The van der Waals surface area contributed by atoms with E-state index in [0.29, 0.717) is 6.10 Å². The third-order valence-corrected chi connectivity index (χ3v) is 3.92. The first-order valence-electron chi connectivity index (χ1n) is 7.44. The number of hydrogen-bond donors (Lipinski definition) is 1. The molecule has 2 atom stereocenters. The van der Waals surface area contributed by atoms with Crippen LogP contribution in [0.1, 0.15) is 37.8 Å². The number of benzene rings is 1. The molecular weight excluding hydrogens is 236 g/mol. The van der Waals surface area contributed by atoms with E-state index >= 15 is 0 Å². The number of rotatable bonds is 7. The van der Waals surface area contributed by atoms with Crippen molar-refractivity contribution in [3.05, 3.63) is 35.9 Å². The van der Waals surface area contributed by atoms with Crippen molar-refractivity contribution in [1.29, 1.82) is 0 Å². The van der Waals surface area contributed by atoms with Crippen LogP contribution in [0.3, 0.4) is 0 Å². The van der Waals surface area contributed by atoms with Crippen molar-refractivity contribution in [2.75, 3.05) is 26.2 Å². The Morgan fingerprint density at radius 3 is 2.79 bits per heavy atom. The van der Waals surface area contributed by atoms with Gasteiger partial charge in [0.05, 0.1) is 6.10 Å². The van der Waals surface area contributed by atoms with Gasteiger partial charge in [-0.1, -0.05) is 37.3 Å². The highest BCUT2D eigenvalue weighted by atomic mass is 16.5. The highest BCUT2D eigenvalue weighted by molar-refractivity contribution is 5.18. The molecule has 0 saturated carbocycles. The molecule has 0 radical (unpaired) electrons. The zero-order valence-corrected chi connectivity index (χ0v) is 11.9. The van der Waals surface area contributed by atoms with Gasteiger partial charge in [0, 0.05) is 25.7 Å². The molecule has 2 N–H and O–H groups in total. The number of nitrogens with zero attached hydrogens (tertiary/aromatic N) is 1. The number of ether oxygens (including phenoxy) is 1. The van der Waals surface area contributed by atoms with Crippen LogP contribution in [0.2, 0.25) is 0 Å². The molecule has 1 saturated heterocycles. The van der Waals surface area contributed by atoms with Crippen molar-refractivity contribution >= 4 is 0 Å². The molecule has 2 unspecified atom stereocenters. The minimum absolute atomic E-state index is 0.139. The Hall–Kier alpha value is -0.900. The van der Waals surface area contributed by atoms with Crippen LogP contribution in [0.25, 0.3) is 0 Å². The van der Waals surface area contributed by atoms with E-state index in [4.69, 9.17) is 10.5 Å². The number of hydrogen-bond acceptors (Lipinski definition) is 3. The average molecular weight is 262 g/mol. The van der Waals surface area contributed by atoms with Crippen molar-refractivity contribution in [2.45, 2.75) is 38.3 Å². The van der Waals surface area contributed by atoms with E-state index in [1.54, 1.807) is 0 Å². The molecule has 3 heteroatoms. The van der Waals surface area contributed by atoms with E-state index in [1.165, 1.54) is 18.4 Å². The van der Waals surface area contributed by atoms with Crippen molar-refractivity contribution in [3.8, 4) is 0 Å². The Bertz CT molecular complexity index is 349. The molecule has 19 heavy (non-hydrogen) atoms. The van der Waals surface area contributed by atoms with Crippen LogP contribution in [0, 0.1) is 0 Å².